The Labute approximate surface area is 145 Å². The van der Waals surface area contributed by atoms with Crippen molar-refractivity contribution >= 4 is 10.0 Å². The van der Waals surface area contributed by atoms with Gasteiger partial charge in [-0.05, 0) is 31.2 Å². The van der Waals surface area contributed by atoms with Crippen molar-refractivity contribution in [3.05, 3.63) is 60.0 Å². The van der Waals surface area contributed by atoms with Gasteiger partial charge in [0.2, 0.25) is 21.7 Å². The van der Waals surface area contributed by atoms with Crippen LogP contribution >= 0.6 is 0 Å². The molecular formula is C17H17N3O4S. The normalized spacial score (nSPS) is 11.4. The molecule has 1 heterocycles. The summed E-state index contributed by atoms with van der Waals surface area (Å²) in [6.45, 7) is 1.90. The monoisotopic (exact) mass is 359 g/mol. The molecule has 25 heavy (non-hydrogen) atoms. The number of nitrogens with one attached hydrogen (secondary N) is 1. The number of nitrogens with zero attached hydrogens (tertiary/aromatic N) is 2. The fourth-order valence-corrected chi connectivity index (χ4v) is 3.12. The predicted octanol–water partition coefficient (Wildman–Crippen LogP) is 2.53. The first-order chi connectivity index (χ1) is 12.0. The van der Waals surface area contributed by atoms with Crippen LogP contribution in [0.3, 0.4) is 0 Å². The Hall–Kier alpha value is -2.71. The molecule has 0 aliphatic rings. The summed E-state index contributed by atoms with van der Waals surface area (Å²) in [4.78, 5) is 4.34. The van der Waals surface area contributed by atoms with Crippen LogP contribution < -0.4 is 9.46 Å². The van der Waals surface area contributed by atoms with E-state index >= 15 is 0 Å². The lowest BCUT2D eigenvalue weighted by Crippen LogP contribution is -2.23. The number of aryl methyl sites for hydroxylation is 1. The van der Waals surface area contributed by atoms with Crippen molar-refractivity contribution in [3.63, 3.8) is 0 Å². The third kappa shape index (κ3) is 4.04. The van der Waals surface area contributed by atoms with Gasteiger partial charge in [-0.25, -0.2) is 13.1 Å². The number of benzene rings is 2. The average molecular weight is 359 g/mol. The van der Waals surface area contributed by atoms with Crippen LogP contribution in [-0.4, -0.2) is 25.7 Å². The third-order valence-electron chi connectivity index (χ3n) is 3.56. The van der Waals surface area contributed by atoms with Crippen molar-refractivity contribution in [1.29, 1.82) is 0 Å². The van der Waals surface area contributed by atoms with Crippen molar-refractivity contribution in [2.75, 3.05) is 7.11 Å². The van der Waals surface area contributed by atoms with E-state index in [1.54, 1.807) is 12.1 Å². The van der Waals surface area contributed by atoms with E-state index in [9.17, 15) is 8.42 Å². The lowest BCUT2D eigenvalue weighted by atomic mass is 10.1. The number of hydrogen-bond acceptors (Lipinski definition) is 6. The molecule has 3 aromatic rings. The Morgan fingerprint density at radius 2 is 1.76 bits per heavy atom. The molecule has 1 aromatic heterocycles. The number of methoxy groups -OCH3 is 1. The molecule has 0 unspecified atom stereocenters. The van der Waals surface area contributed by atoms with Crippen LogP contribution in [0, 0.1) is 6.92 Å². The van der Waals surface area contributed by atoms with Crippen LogP contribution in [-0.2, 0) is 16.6 Å². The van der Waals surface area contributed by atoms with Crippen molar-refractivity contribution in [2.45, 2.75) is 18.4 Å². The number of aromatic nitrogens is 2. The van der Waals surface area contributed by atoms with E-state index < -0.39 is 10.0 Å². The van der Waals surface area contributed by atoms with Gasteiger partial charge in [0.25, 0.3) is 0 Å². The zero-order valence-electron chi connectivity index (χ0n) is 13.8. The number of ether oxygens (including phenoxy) is 1. The van der Waals surface area contributed by atoms with E-state index in [4.69, 9.17) is 9.26 Å². The summed E-state index contributed by atoms with van der Waals surface area (Å²) in [5.74, 6) is 1.19. The molecule has 0 fully saturated rings. The molecule has 0 radical (unpaired) electrons. The maximum atomic E-state index is 12.3. The first kappa shape index (κ1) is 17.1. The molecule has 3 rings (SSSR count). The minimum Gasteiger partial charge on any atom is -0.497 e. The second-order valence-electron chi connectivity index (χ2n) is 5.38. The van der Waals surface area contributed by atoms with Crippen molar-refractivity contribution in [1.82, 2.24) is 14.9 Å². The van der Waals surface area contributed by atoms with Gasteiger partial charge < -0.3 is 9.26 Å². The molecule has 2 aromatic carbocycles. The van der Waals surface area contributed by atoms with Gasteiger partial charge >= 0.3 is 0 Å². The third-order valence-corrected chi connectivity index (χ3v) is 4.98. The van der Waals surface area contributed by atoms with E-state index in [1.165, 1.54) is 19.2 Å². The van der Waals surface area contributed by atoms with Gasteiger partial charge in [-0.1, -0.05) is 35.0 Å². The minimum atomic E-state index is -3.68. The molecule has 0 aliphatic heterocycles. The van der Waals surface area contributed by atoms with E-state index in [0.717, 1.165) is 11.1 Å². The van der Waals surface area contributed by atoms with Crippen LogP contribution in [0.25, 0.3) is 11.4 Å². The van der Waals surface area contributed by atoms with Gasteiger partial charge in [0.15, 0.2) is 0 Å². The molecule has 0 bridgehead atoms. The van der Waals surface area contributed by atoms with Gasteiger partial charge in [-0.2, -0.15) is 4.98 Å². The Morgan fingerprint density at radius 1 is 1.08 bits per heavy atom. The molecule has 0 saturated heterocycles. The smallest absolute Gasteiger partial charge is 0.242 e. The highest BCUT2D eigenvalue weighted by Gasteiger charge is 2.16. The largest absolute Gasteiger partial charge is 0.497 e. The topological polar surface area (TPSA) is 94.3 Å². The Morgan fingerprint density at radius 3 is 2.40 bits per heavy atom. The Balaban J connectivity index is 1.69. The summed E-state index contributed by atoms with van der Waals surface area (Å²) in [6, 6.07) is 13.7. The maximum Gasteiger partial charge on any atom is 0.242 e. The van der Waals surface area contributed by atoms with E-state index in [2.05, 4.69) is 14.9 Å². The maximum absolute atomic E-state index is 12.3. The molecule has 130 valence electrons. The van der Waals surface area contributed by atoms with Gasteiger partial charge in [-0.3, -0.25) is 0 Å². The molecule has 1 N–H and O–H groups in total. The molecule has 7 nitrogen and oxygen atoms in total. The molecule has 0 aliphatic carbocycles. The summed E-state index contributed by atoms with van der Waals surface area (Å²) in [7, 11) is -2.16. The molecule has 0 saturated carbocycles. The lowest BCUT2D eigenvalue weighted by molar-refractivity contribution is 0.376. The first-order valence-electron chi connectivity index (χ1n) is 7.51. The minimum absolute atomic E-state index is 0.0901. The SMILES string of the molecule is COc1ccc(S(=O)(=O)NCc2nc(-c3ccc(C)cc3)no2)cc1. The van der Waals surface area contributed by atoms with Crippen molar-refractivity contribution in [2.24, 2.45) is 0 Å². The van der Waals surface area contributed by atoms with Crippen LogP contribution in [0.5, 0.6) is 5.75 Å². The number of rotatable bonds is 6. The summed E-state index contributed by atoms with van der Waals surface area (Å²) >= 11 is 0. The molecule has 0 atom stereocenters. The summed E-state index contributed by atoms with van der Waals surface area (Å²) in [5.41, 5.74) is 1.93. The molecule has 8 heteroatoms. The van der Waals surface area contributed by atoms with E-state index in [-0.39, 0.29) is 17.3 Å². The fraction of sp³-hybridized carbons (Fsp3) is 0.176. The highest BCUT2D eigenvalue weighted by atomic mass is 32.2. The van der Waals surface area contributed by atoms with Crippen molar-refractivity contribution in [3.8, 4) is 17.1 Å². The van der Waals surface area contributed by atoms with Gasteiger partial charge in [0, 0.05) is 5.56 Å². The highest BCUT2D eigenvalue weighted by molar-refractivity contribution is 7.89. The summed E-state index contributed by atoms with van der Waals surface area (Å²) in [5, 5.41) is 3.87. The lowest BCUT2D eigenvalue weighted by Gasteiger charge is -2.05. The number of sulfonamides is 1. The van der Waals surface area contributed by atoms with Crippen LogP contribution in [0.4, 0.5) is 0 Å². The quantitative estimate of drug-likeness (QED) is 0.727. The van der Waals surface area contributed by atoms with E-state index in [1.807, 2.05) is 31.2 Å². The zero-order valence-corrected chi connectivity index (χ0v) is 14.6. The Bertz CT molecular complexity index is 948. The number of hydrogen-bond donors (Lipinski definition) is 1. The fourth-order valence-electron chi connectivity index (χ4n) is 2.14. The van der Waals surface area contributed by atoms with Crippen molar-refractivity contribution < 1.29 is 17.7 Å². The van der Waals surface area contributed by atoms with Gasteiger partial charge in [0.05, 0.1) is 18.6 Å². The molecular weight excluding hydrogens is 342 g/mol. The van der Waals surface area contributed by atoms with Gasteiger partial charge in [-0.15, -0.1) is 0 Å². The molecule has 0 spiro atoms. The second-order valence-corrected chi connectivity index (χ2v) is 7.14. The summed E-state index contributed by atoms with van der Waals surface area (Å²) < 4.78 is 37.1. The highest BCUT2D eigenvalue weighted by Crippen LogP contribution is 2.18. The summed E-state index contributed by atoms with van der Waals surface area (Å²) in [6.07, 6.45) is 0. The zero-order chi connectivity index (χ0) is 17.9. The van der Waals surface area contributed by atoms with Crippen LogP contribution in [0.2, 0.25) is 0 Å². The predicted molar refractivity (Wildman–Crippen MR) is 91.5 cm³/mol. The average Bonchev–Trinajstić information content (AvgIpc) is 3.10. The first-order valence-corrected chi connectivity index (χ1v) is 8.99. The van der Waals surface area contributed by atoms with Crippen LogP contribution in [0.15, 0.2) is 57.9 Å². The second kappa shape index (κ2) is 7.04. The standard InChI is InChI=1S/C17H17N3O4S/c1-12-3-5-13(6-4-12)17-19-16(24-20-17)11-18-25(21,22)15-9-7-14(23-2)8-10-15/h3-10,18H,11H2,1-2H3. The van der Waals surface area contributed by atoms with Crippen LogP contribution in [0.1, 0.15) is 11.5 Å². The van der Waals surface area contributed by atoms with E-state index in [0.29, 0.717) is 11.6 Å². The molecule has 0 amide bonds. The van der Waals surface area contributed by atoms with Gasteiger partial charge in [0.1, 0.15) is 5.75 Å². The Kier molecular flexibility index (Phi) is 4.82.